The fourth-order valence-corrected chi connectivity index (χ4v) is 3.28. The number of carbonyl (C=O) groups is 2. The number of isocyanates is 1. The molecule has 0 unspecified atom stereocenters. The molecular formula is C15H5BrClNO3. The van der Waals surface area contributed by atoms with Crippen LogP contribution in [-0.4, -0.2) is 17.6 Å². The molecule has 0 atom stereocenters. The van der Waals surface area contributed by atoms with Crippen LogP contribution in [0, 0.1) is 0 Å². The highest BCUT2D eigenvalue weighted by molar-refractivity contribution is 9.10. The molecule has 2 aromatic carbocycles. The van der Waals surface area contributed by atoms with Gasteiger partial charge in [0, 0.05) is 21.2 Å². The lowest BCUT2D eigenvalue weighted by Gasteiger charge is -2.19. The number of ketones is 2. The number of benzene rings is 2. The Hall–Kier alpha value is -2.07. The van der Waals surface area contributed by atoms with Crippen LogP contribution in [0.1, 0.15) is 31.8 Å². The molecule has 3 rings (SSSR count). The van der Waals surface area contributed by atoms with Crippen molar-refractivity contribution in [2.24, 2.45) is 4.99 Å². The van der Waals surface area contributed by atoms with Gasteiger partial charge in [0.1, 0.15) is 5.69 Å². The Balaban J connectivity index is 2.38. The number of fused-ring (bicyclic) bond motifs is 2. The van der Waals surface area contributed by atoms with E-state index in [2.05, 4.69) is 20.9 Å². The summed E-state index contributed by atoms with van der Waals surface area (Å²) < 4.78 is 0.357. The molecule has 0 aromatic heterocycles. The first-order chi connectivity index (χ1) is 10.1. The van der Waals surface area contributed by atoms with E-state index in [1.165, 1.54) is 12.1 Å². The molecule has 0 saturated heterocycles. The van der Waals surface area contributed by atoms with E-state index in [1.54, 1.807) is 24.3 Å². The van der Waals surface area contributed by atoms with E-state index in [0.717, 1.165) is 0 Å². The Morgan fingerprint density at radius 2 is 1.67 bits per heavy atom. The molecule has 0 N–H and O–H groups in total. The summed E-state index contributed by atoms with van der Waals surface area (Å²) in [5, 5.41) is -0.0319. The first kappa shape index (κ1) is 13.9. The maximum Gasteiger partial charge on any atom is 0.240 e. The fraction of sp³-hybridized carbons (Fsp3) is 0. The molecule has 0 amide bonds. The minimum atomic E-state index is -0.361. The van der Waals surface area contributed by atoms with E-state index < -0.39 is 0 Å². The third-order valence-electron chi connectivity index (χ3n) is 3.24. The lowest BCUT2D eigenvalue weighted by atomic mass is 9.84. The standard InChI is InChI=1S/C15H5BrClNO3/c16-10-5-9-11(12(17)13(10)18-6-19)15(21)8-4-2-1-3-7(8)14(9)20/h1-5H. The van der Waals surface area contributed by atoms with Gasteiger partial charge in [-0.05, 0) is 22.0 Å². The Morgan fingerprint density at radius 1 is 1.05 bits per heavy atom. The van der Waals surface area contributed by atoms with Crippen molar-refractivity contribution >= 4 is 50.9 Å². The van der Waals surface area contributed by atoms with Gasteiger partial charge >= 0.3 is 0 Å². The van der Waals surface area contributed by atoms with E-state index in [-0.39, 0.29) is 33.4 Å². The largest absolute Gasteiger partial charge is 0.289 e. The van der Waals surface area contributed by atoms with Crippen molar-refractivity contribution in [3.8, 4) is 0 Å². The smallest absolute Gasteiger partial charge is 0.240 e. The number of nitrogens with zero attached hydrogens (tertiary/aromatic N) is 1. The van der Waals surface area contributed by atoms with Crippen molar-refractivity contribution in [1.29, 1.82) is 0 Å². The average Bonchev–Trinajstić information content (AvgIpc) is 2.48. The van der Waals surface area contributed by atoms with E-state index in [1.807, 2.05) is 0 Å². The Bertz CT molecular complexity index is 869. The Morgan fingerprint density at radius 3 is 2.29 bits per heavy atom. The Kier molecular flexibility index (Phi) is 3.33. The SMILES string of the molecule is O=C=Nc1c(Br)cc2c(c1Cl)C(=O)c1ccccc1C2=O. The van der Waals surface area contributed by atoms with E-state index in [4.69, 9.17) is 11.6 Å². The van der Waals surface area contributed by atoms with Gasteiger partial charge in [-0.15, -0.1) is 0 Å². The predicted octanol–water partition coefficient (Wildman–Crippen LogP) is 3.85. The summed E-state index contributed by atoms with van der Waals surface area (Å²) in [7, 11) is 0. The highest BCUT2D eigenvalue weighted by atomic mass is 79.9. The third-order valence-corrected chi connectivity index (χ3v) is 4.21. The molecule has 6 heteroatoms. The molecule has 0 saturated carbocycles. The summed E-state index contributed by atoms with van der Waals surface area (Å²) in [6.45, 7) is 0. The van der Waals surface area contributed by atoms with Crippen molar-refractivity contribution in [1.82, 2.24) is 0 Å². The summed E-state index contributed by atoms with van der Waals surface area (Å²) in [5.74, 6) is -0.649. The summed E-state index contributed by atoms with van der Waals surface area (Å²) >= 11 is 9.36. The summed E-state index contributed by atoms with van der Waals surface area (Å²) in [6, 6.07) is 7.98. The normalized spacial score (nSPS) is 12.5. The van der Waals surface area contributed by atoms with Crippen LogP contribution >= 0.6 is 27.5 Å². The molecular weight excluding hydrogens is 358 g/mol. The van der Waals surface area contributed by atoms with Crippen LogP contribution in [0.4, 0.5) is 5.69 Å². The highest BCUT2D eigenvalue weighted by Crippen LogP contribution is 2.41. The van der Waals surface area contributed by atoms with Crippen LogP contribution in [-0.2, 0) is 4.79 Å². The molecule has 21 heavy (non-hydrogen) atoms. The number of rotatable bonds is 1. The van der Waals surface area contributed by atoms with Gasteiger partial charge in [-0.3, -0.25) is 9.59 Å². The van der Waals surface area contributed by atoms with Crippen LogP contribution in [0.2, 0.25) is 5.02 Å². The number of carbonyl (C=O) groups excluding carboxylic acids is 3. The highest BCUT2D eigenvalue weighted by Gasteiger charge is 2.33. The lowest BCUT2D eigenvalue weighted by molar-refractivity contribution is 0.0979. The van der Waals surface area contributed by atoms with Crippen LogP contribution in [0.3, 0.4) is 0 Å². The second-order valence-electron chi connectivity index (χ2n) is 4.35. The number of aliphatic imine (C=N–C) groups is 1. The zero-order chi connectivity index (χ0) is 15.1. The quantitative estimate of drug-likeness (QED) is 0.488. The molecule has 1 aliphatic carbocycles. The molecule has 102 valence electrons. The molecule has 2 aromatic rings. The summed E-state index contributed by atoms with van der Waals surface area (Å²) in [5.41, 5.74) is 0.980. The van der Waals surface area contributed by atoms with Crippen molar-refractivity contribution in [3.05, 3.63) is 62.1 Å². The molecule has 0 bridgehead atoms. The summed E-state index contributed by atoms with van der Waals surface area (Å²) in [6.07, 6.45) is 1.38. The molecule has 1 aliphatic rings. The van der Waals surface area contributed by atoms with Crippen LogP contribution < -0.4 is 0 Å². The predicted molar refractivity (Wildman–Crippen MR) is 80.2 cm³/mol. The maximum atomic E-state index is 12.5. The van der Waals surface area contributed by atoms with Gasteiger partial charge in [-0.2, -0.15) is 4.99 Å². The van der Waals surface area contributed by atoms with Gasteiger partial charge in [-0.1, -0.05) is 35.9 Å². The fourth-order valence-electron chi connectivity index (χ4n) is 2.32. The average molecular weight is 363 g/mol. The molecule has 4 nitrogen and oxygen atoms in total. The van der Waals surface area contributed by atoms with Gasteiger partial charge in [0.15, 0.2) is 11.6 Å². The second-order valence-corrected chi connectivity index (χ2v) is 5.58. The lowest BCUT2D eigenvalue weighted by Crippen LogP contribution is -2.21. The second kappa shape index (κ2) is 5.04. The van der Waals surface area contributed by atoms with Gasteiger partial charge in [0.25, 0.3) is 0 Å². The van der Waals surface area contributed by atoms with Gasteiger partial charge in [0.05, 0.1) is 10.6 Å². The number of hydrogen-bond acceptors (Lipinski definition) is 4. The van der Waals surface area contributed by atoms with E-state index in [9.17, 15) is 14.4 Å². The zero-order valence-electron chi connectivity index (χ0n) is 10.3. The van der Waals surface area contributed by atoms with Crippen molar-refractivity contribution in [2.75, 3.05) is 0 Å². The minimum Gasteiger partial charge on any atom is -0.289 e. The minimum absolute atomic E-state index is 0.0319. The first-order valence-electron chi connectivity index (χ1n) is 5.84. The maximum absolute atomic E-state index is 12.5. The van der Waals surface area contributed by atoms with Gasteiger partial charge in [0.2, 0.25) is 6.08 Å². The number of hydrogen-bond donors (Lipinski definition) is 0. The number of halogens is 2. The van der Waals surface area contributed by atoms with E-state index in [0.29, 0.717) is 15.6 Å². The van der Waals surface area contributed by atoms with Crippen LogP contribution in [0.25, 0.3) is 0 Å². The molecule has 0 fully saturated rings. The van der Waals surface area contributed by atoms with Crippen LogP contribution in [0.15, 0.2) is 39.8 Å². The molecule has 0 heterocycles. The van der Waals surface area contributed by atoms with Crippen molar-refractivity contribution < 1.29 is 14.4 Å². The summed E-state index contributed by atoms with van der Waals surface area (Å²) in [4.78, 5) is 39.0. The Labute approximate surface area is 132 Å². The van der Waals surface area contributed by atoms with Gasteiger partial charge in [-0.25, -0.2) is 4.79 Å². The molecule has 0 spiro atoms. The third kappa shape index (κ3) is 1.98. The topological polar surface area (TPSA) is 63.6 Å². The monoisotopic (exact) mass is 361 g/mol. The molecule has 0 radical (unpaired) electrons. The van der Waals surface area contributed by atoms with Crippen LogP contribution in [0.5, 0.6) is 0 Å². The first-order valence-corrected chi connectivity index (χ1v) is 7.01. The van der Waals surface area contributed by atoms with Crippen molar-refractivity contribution in [3.63, 3.8) is 0 Å². The van der Waals surface area contributed by atoms with E-state index >= 15 is 0 Å². The molecule has 0 aliphatic heterocycles. The van der Waals surface area contributed by atoms with Crippen molar-refractivity contribution in [2.45, 2.75) is 0 Å². The zero-order valence-corrected chi connectivity index (χ0v) is 12.7. The van der Waals surface area contributed by atoms with Gasteiger partial charge < -0.3 is 0 Å².